The number of nitrogens with zero attached hydrogens (tertiary/aromatic N) is 4. The van der Waals surface area contributed by atoms with Gasteiger partial charge in [-0.25, -0.2) is 9.97 Å². The third kappa shape index (κ3) is 8.29. The second-order valence-electron chi connectivity index (χ2n) is 12.3. The molecule has 15 heteroatoms. The summed E-state index contributed by atoms with van der Waals surface area (Å²) in [6.45, 7) is 4.75. The van der Waals surface area contributed by atoms with Crippen LogP contribution in [0.25, 0.3) is 66.1 Å². The first-order valence-electron chi connectivity index (χ1n) is 17.2. The van der Waals surface area contributed by atoms with Crippen molar-refractivity contribution in [3.8, 4) is 22.5 Å². The third-order valence-electron chi connectivity index (χ3n) is 8.67. The molecule has 8 rings (SSSR count). The Kier molecular flexibility index (Phi) is 11.3. The van der Waals surface area contributed by atoms with E-state index in [0.29, 0.717) is 44.0 Å². The molecule has 0 saturated carbocycles. The number of fused-ring (bicyclic) bond motifs is 6. The number of nitrogens with one attached hydrogen (secondary N) is 5. The zero-order valence-electron chi connectivity index (χ0n) is 29.4. The smallest absolute Gasteiger partial charge is 0.221 e. The maximum Gasteiger partial charge on any atom is 0.221 e. The Balaban J connectivity index is 0.000000163. The van der Waals surface area contributed by atoms with Crippen LogP contribution in [-0.4, -0.2) is 64.6 Å². The summed E-state index contributed by atoms with van der Waals surface area (Å²) in [6, 6.07) is 20.1. The summed E-state index contributed by atoms with van der Waals surface area (Å²) in [5.74, 6) is 1.08. The number of hydrogen-bond acceptors (Lipinski definition) is 9. The van der Waals surface area contributed by atoms with Crippen molar-refractivity contribution < 1.29 is 9.59 Å². The second kappa shape index (κ2) is 16.4. The first-order valence-corrected chi connectivity index (χ1v) is 17.6. The maximum atomic E-state index is 11.4. The van der Waals surface area contributed by atoms with Crippen molar-refractivity contribution >= 4 is 78.0 Å². The van der Waals surface area contributed by atoms with Crippen LogP contribution in [-0.2, 0) is 22.4 Å². The van der Waals surface area contributed by atoms with E-state index >= 15 is 0 Å². The minimum atomic E-state index is -0.273. The summed E-state index contributed by atoms with van der Waals surface area (Å²) in [6.07, 6.45) is 5.89. The number of halogens is 1. The van der Waals surface area contributed by atoms with Crippen molar-refractivity contribution in [3.63, 3.8) is 0 Å². The normalized spacial score (nSPS) is 11.0. The molecule has 0 atom stereocenters. The van der Waals surface area contributed by atoms with E-state index in [1.54, 1.807) is 19.3 Å². The highest BCUT2D eigenvalue weighted by molar-refractivity contribution is 6.63. The van der Waals surface area contributed by atoms with E-state index in [0.717, 1.165) is 83.9 Å². The van der Waals surface area contributed by atoms with Crippen molar-refractivity contribution in [1.82, 2.24) is 45.6 Å². The number of anilines is 2. The lowest BCUT2D eigenvalue weighted by atomic mass is 10.1. The van der Waals surface area contributed by atoms with Gasteiger partial charge in [-0.2, -0.15) is 10.2 Å². The van der Waals surface area contributed by atoms with Gasteiger partial charge >= 0.3 is 0 Å². The van der Waals surface area contributed by atoms with Crippen LogP contribution >= 0.6 is 11.6 Å². The van der Waals surface area contributed by atoms with Gasteiger partial charge in [0.2, 0.25) is 11.1 Å². The molecule has 6 aromatic heterocycles. The summed E-state index contributed by atoms with van der Waals surface area (Å²) in [4.78, 5) is 36.9. The van der Waals surface area contributed by atoms with Gasteiger partial charge in [0.15, 0.2) is 0 Å². The molecule has 272 valence electrons. The number of rotatable bonds is 9. The molecular weight excluding hydrogens is 692 g/mol. The van der Waals surface area contributed by atoms with Gasteiger partial charge in [0.1, 0.15) is 11.6 Å². The molecule has 11 N–H and O–H groups in total. The van der Waals surface area contributed by atoms with Crippen molar-refractivity contribution in [3.05, 3.63) is 84.4 Å². The number of carbonyl (C=O) groups is 2. The number of nitrogens with two attached hydrogens (primary N) is 3. The molecule has 14 nitrogen and oxygen atoms in total. The van der Waals surface area contributed by atoms with Crippen molar-refractivity contribution in [2.24, 2.45) is 5.73 Å². The highest BCUT2D eigenvalue weighted by Gasteiger charge is 2.13. The highest BCUT2D eigenvalue weighted by atomic mass is 35.5. The largest absolute Gasteiger partial charge is 0.383 e. The van der Waals surface area contributed by atoms with Gasteiger partial charge in [0.05, 0.1) is 33.5 Å². The molecule has 0 aliphatic rings. The quantitative estimate of drug-likeness (QED) is 0.0798. The molecule has 0 unspecified atom stereocenters. The Morgan fingerprint density at radius 2 is 1.19 bits per heavy atom. The average molecular weight is 733 g/mol. The minimum absolute atomic E-state index is 0.0547. The van der Waals surface area contributed by atoms with Gasteiger partial charge in [-0.05, 0) is 61.0 Å². The van der Waals surface area contributed by atoms with E-state index in [1.807, 2.05) is 55.5 Å². The van der Waals surface area contributed by atoms with Crippen molar-refractivity contribution in [1.29, 1.82) is 0 Å². The topological polar surface area (TPSA) is 239 Å². The number of pyridine rings is 2. The molecule has 0 saturated heterocycles. The second-order valence-corrected chi connectivity index (χ2v) is 12.7. The Morgan fingerprint density at radius 1 is 0.698 bits per heavy atom. The fourth-order valence-electron chi connectivity index (χ4n) is 5.96. The number of carbonyl (C=O) groups excluding carboxylic acids is 2. The number of aromatic nitrogens is 8. The van der Waals surface area contributed by atoms with Crippen LogP contribution in [0, 0.1) is 0 Å². The molecule has 0 fully saturated rings. The lowest BCUT2D eigenvalue weighted by Gasteiger charge is -2.05. The Bertz CT molecular complexity index is 2500. The van der Waals surface area contributed by atoms with Crippen LogP contribution in [0.3, 0.4) is 0 Å². The first kappa shape index (κ1) is 36.5. The summed E-state index contributed by atoms with van der Waals surface area (Å²) < 4.78 is 0. The minimum Gasteiger partial charge on any atom is -0.383 e. The van der Waals surface area contributed by atoms with Crippen LogP contribution in [0.1, 0.15) is 38.1 Å². The van der Waals surface area contributed by atoms with E-state index in [9.17, 15) is 9.59 Å². The molecule has 53 heavy (non-hydrogen) atoms. The lowest BCUT2D eigenvalue weighted by molar-refractivity contribution is -0.120. The Morgan fingerprint density at radius 3 is 1.60 bits per heavy atom. The monoisotopic (exact) mass is 732 g/mol. The molecule has 8 aromatic rings. The fraction of sp³-hybridized carbons (Fsp3) is 0.211. The predicted octanol–water partition coefficient (Wildman–Crippen LogP) is 6.11. The highest BCUT2D eigenvalue weighted by Crippen LogP contribution is 2.32. The Hall–Kier alpha value is -6.25. The summed E-state index contributed by atoms with van der Waals surface area (Å²) >= 11 is 4.82. The molecule has 0 bridgehead atoms. The van der Waals surface area contributed by atoms with Crippen LogP contribution in [0.2, 0.25) is 0 Å². The molecule has 0 radical (unpaired) electrons. The fourth-order valence-corrected chi connectivity index (χ4v) is 5.96. The van der Waals surface area contributed by atoms with E-state index in [-0.39, 0.29) is 11.1 Å². The molecule has 0 aliphatic heterocycles. The molecule has 1 amide bonds. The van der Waals surface area contributed by atoms with Gasteiger partial charge in [-0.15, -0.1) is 0 Å². The van der Waals surface area contributed by atoms with E-state index in [1.165, 1.54) is 0 Å². The van der Waals surface area contributed by atoms with Gasteiger partial charge in [-0.3, -0.25) is 19.8 Å². The number of H-pyrrole nitrogens is 4. The van der Waals surface area contributed by atoms with E-state index in [2.05, 4.69) is 57.8 Å². The number of nitrogen functional groups attached to an aromatic ring is 2. The number of aromatic amines is 4. The SMILES string of the molecule is CCC(=O)Cl.CCC(=O)NCCc1cc2c(N)nc3cc(-c4ccn[nH]4)ccc3c2[nH]1.NCCc1cc2c(N)nc3cc(-c4ccn[nH]4)ccc3c2[nH]1. The number of hydrogen-bond donors (Lipinski definition) is 8. The third-order valence-corrected chi connectivity index (χ3v) is 8.93. The zero-order chi connectivity index (χ0) is 37.5. The summed E-state index contributed by atoms with van der Waals surface area (Å²) in [5.41, 5.74) is 27.6. The summed E-state index contributed by atoms with van der Waals surface area (Å²) in [5, 5.41) is 20.4. The molecule has 0 aliphatic carbocycles. The first-order chi connectivity index (χ1) is 25.7. The van der Waals surface area contributed by atoms with Gasteiger partial charge in [0.25, 0.3) is 0 Å². The molecular formula is C38H41ClN12O2. The van der Waals surface area contributed by atoms with Crippen LogP contribution in [0.4, 0.5) is 11.6 Å². The lowest BCUT2D eigenvalue weighted by Crippen LogP contribution is -2.24. The van der Waals surface area contributed by atoms with Gasteiger partial charge in [0, 0.05) is 82.3 Å². The van der Waals surface area contributed by atoms with Crippen LogP contribution in [0.15, 0.2) is 73.1 Å². The Labute approximate surface area is 309 Å². The van der Waals surface area contributed by atoms with E-state index < -0.39 is 0 Å². The van der Waals surface area contributed by atoms with E-state index in [4.69, 9.17) is 28.8 Å². The molecule has 2 aromatic carbocycles. The standard InChI is InChI=1S/C19H20N6O.C16H16N6.C3H5ClO/c1-2-17(26)21-7-5-12-10-14-18(23-12)13-4-3-11(15-6-8-22-25-15)9-16(13)24-19(14)20;17-5-3-10-8-12-15(20-10)11-2-1-9(13-4-6-19-22-13)7-14(11)21-16(12)18;1-2-3(4)5/h3-4,6,8-10,23H,2,5,7H2,1H3,(H2,20,24)(H,21,26)(H,22,25);1-2,4,6-8,20H,3,5,17H2,(H2,18,21)(H,19,22);2H2,1H3. The van der Waals surface area contributed by atoms with Crippen molar-refractivity contribution in [2.75, 3.05) is 24.6 Å². The number of amides is 1. The van der Waals surface area contributed by atoms with Gasteiger partial charge < -0.3 is 32.5 Å². The predicted molar refractivity (Wildman–Crippen MR) is 212 cm³/mol. The molecule has 0 spiro atoms. The van der Waals surface area contributed by atoms with Gasteiger partial charge in [-0.1, -0.05) is 38.1 Å². The zero-order valence-corrected chi connectivity index (χ0v) is 30.1. The average Bonchev–Trinajstić information content (AvgIpc) is 3.99. The molecule has 6 heterocycles. The van der Waals surface area contributed by atoms with Crippen LogP contribution in [0.5, 0.6) is 0 Å². The van der Waals surface area contributed by atoms with Crippen LogP contribution < -0.4 is 22.5 Å². The van der Waals surface area contributed by atoms with Crippen molar-refractivity contribution in [2.45, 2.75) is 39.5 Å². The summed E-state index contributed by atoms with van der Waals surface area (Å²) in [7, 11) is 0. The number of benzene rings is 2. The maximum absolute atomic E-state index is 11.4.